The van der Waals surface area contributed by atoms with Crippen LogP contribution in [0.2, 0.25) is 0 Å². The molecule has 1 rings (SSSR count). The Morgan fingerprint density at radius 3 is 3.00 bits per heavy atom. The molecule has 0 unspecified atom stereocenters. The molecule has 0 aromatic carbocycles. The second-order valence-electron chi connectivity index (χ2n) is 2.19. The lowest BCUT2D eigenvalue weighted by molar-refractivity contribution is -0.136. The van der Waals surface area contributed by atoms with E-state index in [0.29, 0.717) is 12.4 Å². The Morgan fingerprint density at radius 1 is 1.75 bits per heavy atom. The number of aromatic nitrogens is 4. The molecule has 1 heterocycles. The number of carboxylic acids is 1. The maximum absolute atomic E-state index is 10.1. The van der Waals surface area contributed by atoms with E-state index >= 15 is 0 Å². The van der Waals surface area contributed by atoms with Crippen LogP contribution in [0.1, 0.15) is 5.82 Å². The van der Waals surface area contributed by atoms with E-state index in [2.05, 4.69) is 20.7 Å². The molecule has 0 atom stereocenters. The summed E-state index contributed by atoms with van der Waals surface area (Å²) in [7, 11) is 1.65. The lowest BCUT2D eigenvalue weighted by Gasteiger charge is -1.94. The van der Waals surface area contributed by atoms with Crippen LogP contribution in [0.25, 0.3) is 0 Å². The van der Waals surface area contributed by atoms with Gasteiger partial charge in [0.05, 0.1) is 20.1 Å². The topological polar surface area (TPSA) is 92.9 Å². The third kappa shape index (κ3) is 2.62. The largest absolute Gasteiger partial charge is 0.480 e. The second kappa shape index (κ2) is 3.77. The van der Waals surface area contributed by atoms with Gasteiger partial charge in [-0.15, -0.1) is 10.2 Å². The molecular weight excluding hydrogens is 162 g/mol. The number of carboxylic acid groups (broad SMARTS) is 1. The average Bonchev–Trinajstić information content (AvgIpc) is 2.35. The van der Waals surface area contributed by atoms with E-state index < -0.39 is 5.97 Å². The summed E-state index contributed by atoms with van der Waals surface area (Å²) in [4.78, 5) is 11.4. The van der Waals surface area contributed by atoms with Gasteiger partial charge in [-0.2, -0.15) is 4.80 Å². The molecule has 7 nitrogen and oxygen atoms in total. The lowest BCUT2D eigenvalue weighted by atomic mass is 10.5. The van der Waals surface area contributed by atoms with Crippen molar-refractivity contribution in [1.82, 2.24) is 25.5 Å². The number of rotatable bonds is 4. The quantitative estimate of drug-likeness (QED) is 0.565. The molecule has 7 heteroatoms. The summed E-state index contributed by atoms with van der Waals surface area (Å²) in [6.45, 7) is 0.221. The molecule has 66 valence electrons. The maximum atomic E-state index is 10.1. The van der Waals surface area contributed by atoms with Crippen LogP contribution < -0.4 is 5.32 Å². The van der Waals surface area contributed by atoms with E-state index in [-0.39, 0.29) is 6.54 Å². The smallest absolute Gasteiger partial charge is 0.317 e. The van der Waals surface area contributed by atoms with Gasteiger partial charge in [0.2, 0.25) is 0 Å². The first-order chi connectivity index (χ1) is 5.68. The summed E-state index contributed by atoms with van der Waals surface area (Å²) >= 11 is 0. The highest BCUT2D eigenvalue weighted by atomic mass is 16.4. The van der Waals surface area contributed by atoms with Crippen molar-refractivity contribution in [3.63, 3.8) is 0 Å². The number of hydrogen-bond acceptors (Lipinski definition) is 5. The van der Waals surface area contributed by atoms with Crippen molar-refractivity contribution in [2.24, 2.45) is 7.05 Å². The Bertz CT molecular complexity index is 271. The Morgan fingerprint density at radius 2 is 2.50 bits per heavy atom. The third-order valence-corrected chi connectivity index (χ3v) is 1.11. The number of aryl methyl sites for hydroxylation is 1. The number of hydrogen-bond donors (Lipinski definition) is 2. The van der Waals surface area contributed by atoms with Crippen molar-refractivity contribution in [3.05, 3.63) is 5.82 Å². The SMILES string of the molecule is Cn1nnc(CNCC(=O)O)n1. The zero-order chi connectivity index (χ0) is 8.97. The molecule has 12 heavy (non-hydrogen) atoms. The van der Waals surface area contributed by atoms with E-state index in [9.17, 15) is 4.79 Å². The molecule has 0 aliphatic carbocycles. The van der Waals surface area contributed by atoms with Crippen LogP contribution in [-0.2, 0) is 18.4 Å². The van der Waals surface area contributed by atoms with E-state index in [1.165, 1.54) is 4.80 Å². The third-order valence-electron chi connectivity index (χ3n) is 1.11. The van der Waals surface area contributed by atoms with Gasteiger partial charge in [0, 0.05) is 0 Å². The van der Waals surface area contributed by atoms with Gasteiger partial charge >= 0.3 is 5.97 Å². The first-order valence-electron chi connectivity index (χ1n) is 3.34. The van der Waals surface area contributed by atoms with Crippen molar-refractivity contribution in [2.75, 3.05) is 6.54 Å². The Balaban J connectivity index is 2.29. The molecule has 0 aliphatic rings. The number of nitrogens with one attached hydrogen (secondary N) is 1. The van der Waals surface area contributed by atoms with Gasteiger partial charge in [-0.25, -0.2) is 0 Å². The average molecular weight is 171 g/mol. The van der Waals surface area contributed by atoms with Gasteiger partial charge in [-0.05, 0) is 5.21 Å². The summed E-state index contributed by atoms with van der Waals surface area (Å²) in [5.74, 6) is -0.419. The lowest BCUT2D eigenvalue weighted by Crippen LogP contribution is -2.22. The highest BCUT2D eigenvalue weighted by molar-refractivity contribution is 5.68. The van der Waals surface area contributed by atoms with Crippen LogP contribution in [-0.4, -0.2) is 37.8 Å². The first kappa shape index (κ1) is 8.60. The van der Waals surface area contributed by atoms with Gasteiger partial charge < -0.3 is 5.11 Å². The van der Waals surface area contributed by atoms with Crippen LogP contribution >= 0.6 is 0 Å². The van der Waals surface area contributed by atoms with E-state index in [4.69, 9.17) is 5.11 Å². The molecule has 0 aliphatic heterocycles. The maximum Gasteiger partial charge on any atom is 0.317 e. The summed E-state index contributed by atoms with van der Waals surface area (Å²) in [5, 5.41) is 22.0. The van der Waals surface area contributed by atoms with Crippen molar-refractivity contribution in [1.29, 1.82) is 0 Å². The molecule has 0 spiro atoms. The minimum absolute atomic E-state index is 0.0990. The second-order valence-corrected chi connectivity index (χ2v) is 2.19. The van der Waals surface area contributed by atoms with E-state index in [1.807, 2.05) is 0 Å². The fraction of sp³-hybridized carbons (Fsp3) is 0.600. The summed E-state index contributed by atoms with van der Waals surface area (Å²) in [6, 6.07) is 0. The Kier molecular flexibility index (Phi) is 2.70. The number of nitrogens with zero attached hydrogens (tertiary/aromatic N) is 4. The number of aliphatic carboxylic acids is 1. The molecule has 1 aromatic heterocycles. The highest BCUT2D eigenvalue weighted by Gasteiger charge is 2.00. The molecule has 0 saturated heterocycles. The first-order valence-corrected chi connectivity index (χ1v) is 3.34. The van der Waals surface area contributed by atoms with Crippen molar-refractivity contribution in [3.8, 4) is 0 Å². The fourth-order valence-corrected chi connectivity index (χ4v) is 0.675. The molecule has 1 aromatic rings. The van der Waals surface area contributed by atoms with Gasteiger partial charge in [-0.3, -0.25) is 10.1 Å². The molecule has 0 fully saturated rings. The molecule has 0 amide bonds. The van der Waals surface area contributed by atoms with E-state index in [1.54, 1.807) is 7.05 Å². The number of carbonyl (C=O) groups is 1. The molecule has 2 N–H and O–H groups in total. The molecule has 0 radical (unpaired) electrons. The van der Waals surface area contributed by atoms with Gasteiger partial charge in [0.1, 0.15) is 0 Å². The molecular formula is C5H9N5O2. The van der Waals surface area contributed by atoms with Gasteiger partial charge in [-0.1, -0.05) is 0 Å². The normalized spacial score (nSPS) is 10.1. The minimum atomic E-state index is -0.904. The van der Waals surface area contributed by atoms with Gasteiger partial charge in [0.15, 0.2) is 5.82 Å². The minimum Gasteiger partial charge on any atom is -0.480 e. The summed E-state index contributed by atoms with van der Waals surface area (Å²) < 4.78 is 0. The van der Waals surface area contributed by atoms with Crippen molar-refractivity contribution >= 4 is 5.97 Å². The van der Waals surface area contributed by atoms with Crippen LogP contribution in [0.4, 0.5) is 0 Å². The van der Waals surface area contributed by atoms with Gasteiger partial charge in [0.25, 0.3) is 0 Å². The predicted octanol–water partition coefficient (Wildman–Crippen LogP) is -1.62. The van der Waals surface area contributed by atoms with Crippen molar-refractivity contribution in [2.45, 2.75) is 6.54 Å². The zero-order valence-corrected chi connectivity index (χ0v) is 6.56. The highest BCUT2D eigenvalue weighted by Crippen LogP contribution is 1.82. The Labute approximate surface area is 68.4 Å². The number of tetrazole rings is 1. The summed E-state index contributed by atoms with van der Waals surface area (Å²) in [6.07, 6.45) is 0. The van der Waals surface area contributed by atoms with Crippen LogP contribution in [0.15, 0.2) is 0 Å². The van der Waals surface area contributed by atoms with Crippen LogP contribution in [0.3, 0.4) is 0 Å². The van der Waals surface area contributed by atoms with E-state index in [0.717, 1.165) is 0 Å². The summed E-state index contributed by atoms with van der Waals surface area (Å²) in [5.41, 5.74) is 0. The standard InChI is InChI=1S/C5H9N5O2/c1-10-8-4(7-9-10)2-6-3-5(11)12/h6H,2-3H2,1H3,(H,11,12). The molecule has 0 bridgehead atoms. The van der Waals surface area contributed by atoms with Crippen LogP contribution in [0, 0.1) is 0 Å². The predicted molar refractivity (Wildman–Crippen MR) is 38.1 cm³/mol. The zero-order valence-electron chi connectivity index (χ0n) is 6.56. The monoisotopic (exact) mass is 171 g/mol. The molecule has 0 saturated carbocycles. The Hall–Kier alpha value is -1.50. The fourth-order valence-electron chi connectivity index (χ4n) is 0.675. The van der Waals surface area contributed by atoms with Crippen molar-refractivity contribution < 1.29 is 9.90 Å². The van der Waals surface area contributed by atoms with Crippen LogP contribution in [0.5, 0.6) is 0 Å².